The average Bonchev–Trinajstić information content (AvgIpc) is 2.38. The van der Waals surface area contributed by atoms with Gasteiger partial charge in [-0.05, 0) is 12.1 Å². The Kier molecular flexibility index (Phi) is 3.86. The molecule has 0 bridgehead atoms. The van der Waals surface area contributed by atoms with Gasteiger partial charge in [0, 0.05) is 32.4 Å². The smallest absolute Gasteiger partial charge is 0.353 e. The van der Waals surface area contributed by atoms with Crippen molar-refractivity contribution in [3.05, 3.63) is 18.3 Å². The number of amides is 1. The Bertz CT molecular complexity index is 569. The topological polar surface area (TPSA) is 115 Å². The fraction of sp³-hybridized carbons (Fsp3) is 0.400. The molecule has 1 aromatic rings. The van der Waals surface area contributed by atoms with Crippen molar-refractivity contribution in [3.8, 4) is 0 Å². The van der Waals surface area contributed by atoms with Crippen molar-refractivity contribution in [1.29, 1.82) is 0 Å². The lowest BCUT2D eigenvalue weighted by atomic mass is 10.3. The van der Waals surface area contributed by atoms with Gasteiger partial charge in [0.2, 0.25) is 0 Å². The number of piperazine rings is 1. The van der Waals surface area contributed by atoms with Crippen LogP contribution in [0.1, 0.15) is 0 Å². The molecule has 2 heterocycles. The number of primary amides is 1. The normalized spacial score (nSPS) is 16.1. The summed E-state index contributed by atoms with van der Waals surface area (Å²) in [4.78, 5) is 16.4. The Morgan fingerprint density at radius 2 is 2.11 bits per heavy atom. The quantitative estimate of drug-likeness (QED) is 0.704. The van der Waals surface area contributed by atoms with Crippen LogP contribution in [0.5, 0.6) is 0 Å². The molecule has 0 atom stereocenters. The van der Waals surface area contributed by atoms with Gasteiger partial charge in [-0.1, -0.05) is 0 Å². The SMILES string of the molecule is NC(=O)OS(=O)(=O)c1cccnc1N1CCNCC1. The number of hydrogen-bond donors (Lipinski definition) is 2. The number of hydrogen-bond acceptors (Lipinski definition) is 7. The molecule has 8 nitrogen and oxygen atoms in total. The summed E-state index contributed by atoms with van der Waals surface area (Å²) in [6.45, 7) is 2.70. The van der Waals surface area contributed by atoms with E-state index in [4.69, 9.17) is 5.73 Å². The van der Waals surface area contributed by atoms with Gasteiger partial charge in [0.15, 0.2) is 5.82 Å². The summed E-state index contributed by atoms with van der Waals surface area (Å²) in [6, 6.07) is 2.80. The van der Waals surface area contributed by atoms with E-state index < -0.39 is 16.2 Å². The summed E-state index contributed by atoms with van der Waals surface area (Å²) in [7, 11) is -4.24. The van der Waals surface area contributed by atoms with E-state index in [1.807, 2.05) is 4.90 Å². The van der Waals surface area contributed by atoms with Gasteiger partial charge in [0.25, 0.3) is 0 Å². The maximum Gasteiger partial charge on any atom is 0.420 e. The van der Waals surface area contributed by atoms with Crippen molar-refractivity contribution in [2.45, 2.75) is 4.90 Å². The van der Waals surface area contributed by atoms with E-state index in [-0.39, 0.29) is 10.7 Å². The summed E-state index contributed by atoms with van der Waals surface area (Å²) in [5.74, 6) is 0.269. The van der Waals surface area contributed by atoms with Crippen LogP contribution in [-0.2, 0) is 14.3 Å². The zero-order valence-electron chi connectivity index (χ0n) is 10.1. The van der Waals surface area contributed by atoms with Gasteiger partial charge in [-0.15, -0.1) is 0 Å². The number of nitrogens with one attached hydrogen (secondary N) is 1. The first-order valence-electron chi connectivity index (χ1n) is 5.65. The van der Waals surface area contributed by atoms with Gasteiger partial charge >= 0.3 is 16.2 Å². The standard InChI is InChI=1S/C10H14N4O4S/c11-10(15)18-19(16,17)8-2-1-3-13-9(8)14-6-4-12-5-7-14/h1-3,12H,4-7H2,(H2,11,15). The van der Waals surface area contributed by atoms with Gasteiger partial charge in [-0.2, -0.15) is 8.42 Å². The monoisotopic (exact) mass is 286 g/mol. The third kappa shape index (κ3) is 3.12. The fourth-order valence-electron chi connectivity index (χ4n) is 1.84. The molecule has 0 unspecified atom stereocenters. The minimum absolute atomic E-state index is 0.157. The largest absolute Gasteiger partial charge is 0.420 e. The number of carbonyl (C=O) groups is 1. The van der Waals surface area contributed by atoms with Crippen LogP contribution in [0.15, 0.2) is 23.2 Å². The number of nitrogens with two attached hydrogens (primary N) is 1. The van der Waals surface area contributed by atoms with Crippen LogP contribution in [0.3, 0.4) is 0 Å². The molecule has 1 aliphatic rings. The predicted octanol–water partition coefficient (Wildman–Crippen LogP) is -0.725. The van der Waals surface area contributed by atoms with Crippen molar-refractivity contribution in [3.63, 3.8) is 0 Å². The van der Waals surface area contributed by atoms with Crippen LogP contribution in [0.25, 0.3) is 0 Å². The van der Waals surface area contributed by atoms with Crippen molar-refractivity contribution in [2.75, 3.05) is 31.1 Å². The molecule has 0 spiro atoms. The Hall–Kier alpha value is -1.87. The molecule has 19 heavy (non-hydrogen) atoms. The Morgan fingerprint density at radius 3 is 2.74 bits per heavy atom. The summed E-state index contributed by atoms with van der Waals surface area (Å²) in [5.41, 5.74) is 4.76. The van der Waals surface area contributed by atoms with E-state index in [0.717, 1.165) is 13.1 Å². The van der Waals surface area contributed by atoms with E-state index in [2.05, 4.69) is 14.5 Å². The lowest BCUT2D eigenvalue weighted by Crippen LogP contribution is -2.44. The van der Waals surface area contributed by atoms with Crippen LogP contribution >= 0.6 is 0 Å². The summed E-state index contributed by atoms with van der Waals surface area (Å²) in [5, 5.41) is 3.15. The van der Waals surface area contributed by atoms with Gasteiger partial charge < -0.3 is 20.1 Å². The molecule has 9 heteroatoms. The second-order valence-corrected chi connectivity index (χ2v) is 5.43. The first kappa shape index (κ1) is 13.6. The van der Waals surface area contributed by atoms with E-state index in [9.17, 15) is 13.2 Å². The highest BCUT2D eigenvalue weighted by Crippen LogP contribution is 2.24. The maximum atomic E-state index is 11.9. The lowest BCUT2D eigenvalue weighted by molar-refractivity contribution is 0.212. The summed E-state index contributed by atoms with van der Waals surface area (Å²) in [6.07, 6.45) is 0.121. The van der Waals surface area contributed by atoms with E-state index >= 15 is 0 Å². The van der Waals surface area contributed by atoms with Crippen LogP contribution in [0.2, 0.25) is 0 Å². The molecule has 0 aliphatic carbocycles. The van der Waals surface area contributed by atoms with Crippen molar-refractivity contribution < 1.29 is 17.4 Å². The zero-order chi connectivity index (χ0) is 13.9. The maximum absolute atomic E-state index is 11.9. The lowest BCUT2D eigenvalue weighted by Gasteiger charge is -2.29. The molecule has 1 saturated heterocycles. The zero-order valence-corrected chi connectivity index (χ0v) is 10.9. The van der Waals surface area contributed by atoms with Crippen molar-refractivity contribution in [2.24, 2.45) is 5.73 Å². The van der Waals surface area contributed by atoms with Gasteiger partial charge in [0.1, 0.15) is 4.90 Å². The predicted molar refractivity (Wildman–Crippen MR) is 67.2 cm³/mol. The highest BCUT2D eigenvalue weighted by atomic mass is 32.2. The minimum Gasteiger partial charge on any atom is -0.353 e. The molecule has 0 radical (unpaired) electrons. The Balaban J connectivity index is 2.38. The fourth-order valence-corrected chi connectivity index (χ4v) is 2.80. The number of rotatable bonds is 3. The van der Waals surface area contributed by atoms with Gasteiger partial charge in [-0.25, -0.2) is 9.78 Å². The van der Waals surface area contributed by atoms with Gasteiger partial charge in [0.05, 0.1) is 0 Å². The summed E-state index contributed by atoms with van der Waals surface area (Å²) >= 11 is 0. The first-order valence-corrected chi connectivity index (χ1v) is 7.06. The highest BCUT2D eigenvalue weighted by Gasteiger charge is 2.26. The molecule has 3 N–H and O–H groups in total. The molecule has 2 rings (SSSR count). The van der Waals surface area contributed by atoms with Gasteiger partial charge in [-0.3, -0.25) is 0 Å². The molecule has 1 fully saturated rings. The number of carbonyl (C=O) groups excluding carboxylic acids is 1. The van der Waals surface area contributed by atoms with Crippen molar-refractivity contribution in [1.82, 2.24) is 10.3 Å². The van der Waals surface area contributed by atoms with E-state index in [0.29, 0.717) is 13.1 Å². The second-order valence-electron chi connectivity index (χ2n) is 3.92. The molecule has 104 valence electrons. The molecule has 1 aromatic heterocycles. The van der Waals surface area contributed by atoms with Crippen LogP contribution in [0.4, 0.5) is 10.6 Å². The number of pyridine rings is 1. The third-order valence-corrected chi connectivity index (χ3v) is 3.87. The molecular weight excluding hydrogens is 272 g/mol. The van der Waals surface area contributed by atoms with Crippen LogP contribution in [-0.4, -0.2) is 45.7 Å². The number of aromatic nitrogens is 1. The third-order valence-electron chi connectivity index (χ3n) is 2.63. The molecule has 1 amide bonds. The number of anilines is 1. The molecular formula is C10H14N4O4S. The molecule has 0 aromatic carbocycles. The van der Waals surface area contributed by atoms with Crippen LogP contribution < -0.4 is 16.0 Å². The first-order chi connectivity index (χ1) is 9.00. The highest BCUT2D eigenvalue weighted by molar-refractivity contribution is 7.87. The Morgan fingerprint density at radius 1 is 1.42 bits per heavy atom. The molecule has 1 aliphatic heterocycles. The molecule has 0 saturated carbocycles. The van der Waals surface area contributed by atoms with Crippen LogP contribution in [0, 0.1) is 0 Å². The Labute approximate surface area is 110 Å². The van der Waals surface area contributed by atoms with Crippen molar-refractivity contribution >= 4 is 22.0 Å². The second kappa shape index (κ2) is 5.41. The number of nitrogens with zero attached hydrogens (tertiary/aromatic N) is 2. The van der Waals surface area contributed by atoms with E-state index in [1.54, 1.807) is 0 Å². The summed E-state index contributed by atoms with van der Waals surface area (Å²) < 4.78 is 28.0. The minimum atomic E-state index is -4.24. The van der Waals surface area contributed by atoms with E-state index in [1.165, 1.54) is 18.3 Å². The average molecular weight is 286 g/mol.